The summed E-state index contributed by atoms with van der Waals surface area (Å²) in [6.45, 7) is 6.38. The van der Waals surface area contributed by atoms with Crippen LogP contribution in [0.2, 0.25) is 0 Å². The second-order valence-corrected chi connectivity index (χ2v) is 5.62. The maximum atomic E-state index is 12.8. The Kier molecular flexibility index (Phi) is 6.18. The molecule has 2 aromatic rings. The lowest BCUT2D eigenvalue weighted by Gasteiger charge is -2.15. The van der Waals surface area contributed by atoms with Crippen molar-refractivity contribution < 1.29 is 18.7 Å². The van der Waals surface area contributed by atoms with Crippen LogP contribution < -0.4 is 14.8 Å². The first-order valence-electron chi connectivity index (χ1n) is 7.85. The third-order valence-corrected chi connectivity index (χ3v) is 3.50. The maximum Gasteiger partial charge on any atom is 0.260 e. The number of nitrogens with one attached hydrogen (secondary N) is 1. The zero-order valence-corrected chi connectivity index (χ0v) is 14.1. The van der Waals surface area contributed by atoms with E-state index in [2.05, 4.69) is 5.32 Å². The standard InChI is InChI=1S/C19H22FNO3/c1-13-4-5-14(2)18(12-13)23-11-10-21-19(22)15(3)24-17-8-6-16(20)7-9-17/h4-9,12,15H,10-11H2,1-3H3,(H,21,22)/t15-/m1/s1. The smallest absolute Gasteiger partial charge is 0.260 e. The number of amides is 1. The van der Waals surface area contributed by atoms with E-state index in [1.807, 2.05) is 32.0 Å². The zero-order valence-electron chi connectivity index (χ0n) is 14.1. The van der Waals surface area contributed by atoms with E-state index < -0.39 is 6.10 Å². The minimum Gasteiger partial charge on any atom is -0.491 e. The van der Waals surface area contributed by atoms with Crippen molar-refractivity contribution in [3.8, 4) is 11.5 Å². The highest BCUT2D eigenvalue weighted by atomic mass is 19.1. The summed E-state index contributed by atoms with van der Waals surface area (Å²) in [5.41, 5.74) is 2.18. The van der Waals surface area contributed by atoms with Crippen LogP contribution in [0, 0.1) is 19.7 Å². The van der Waals surface area contributed by atoms with Crippen LogP contribution in [0.25, 0.3) is 0 Å². The van der Waals surface area contributed by atoms with Crippen LogP contribution in [-0.4, -0.2) is 25.2 Å². The lowest BCUT2D eigenvalue weighted by Crippen LogP contribution is -2.38. The van der Waals surface area contributed by atoms with Crippen molar-refractivity contribution >= 4 is 5.91 Å². The molecule has 0 unspecified atom stereocenters. The fourth-order valence-electron chi connectivity index (χ4n) is 2.11. The summed E-state index contributed by atoms with van der Waals surface area (Å²) >= 11 is 0. The first-order chi connectivity index (χ1) is 11.5. The SMILES string of the molecule is Cc1ccc(C)c(OCCNC(=O)[C@@H](C)Oc2ccc(F)cc2)c1. The lowest BCUT2D eigenvalue weighted by molar-refractivity contribution is -0.127. The Morgan fingerprint density at radius 2 is 1.88 bits per heavy atom. The molecule has 1 amide bonds. The highest BCUT2D eigenvalue weighted by Gasteiger charge is 2.14. The van der Waals surface area contributed by atoms with Crippen LogP contribution in [0.3, 0.4) is 0 Å². The third kappa shape index (κ3) is 5.26. The van der Waals surface area contributed by atoms with Gasteiger partial charge in [0.05, 0.1) is 6.54 Å². The Bertz CT molecular complexity index is 686. The molecule has 0 bridgehead atoms. The zero-order chi connectivity index (χ0) is 17.5. The topological polar surface area (TPSA) is 47.6 Å². The molecule has 0 saturated heterocycles. The fraction of sp³-hybridized carbons (Fsp3) is 0.316. The van der Waals surface area contributed by atoms with E-state index in [-0.39, 0.29) is 11.7 Å². The monoisotopic (exact) mass is 331 g/mol. The molecule has 4 nitrogen and oxygen atoms in total. The van der Waals surface area contributed by atoms with E-state index in [1.165, 1.54) is 24.3 Å². The van der Waals surface area contributed by atoms with E-state index in [1.54, 1.807) is 6.92 Å². The average molecular weight is 331 g/mol. The van der Waals surface area contributed by atoms with E-state index in [4.69, 9.17) is 9.47 Å². The molecule has 2 aromatic carbocycles. The molecule has 0 spiro atoms. The number of halogens is 1. The van der Waals surface area contributed by atoms with E-state index in [9.17, 15) is 9.18 Å². The number of rotatable bonds is 7. The summed E-state index contributed by atoms with van der Waals surface area (Å²) in [5, 5.41) is 2.76. The minimum absolute atomic E-state index is 0.246. The van der Waals surface area contributed by atoms with E-state index in [0.717, 1.165) is 16.9 Å². The number of carbonyl (C=O) groups is 1. The molecule has 0 aromatic heterocycles. The molecule has 0 aliphatic carbocycles. The van der Waals surface area contributed by atoms with Gasteiger partial charge in [0.15, 0.2) is 6.10 Å². The molecule has 2 rings (SSSR count). The summed E-state index contributed by atoms with van der Waals surface area (Å²) < 4.78 is 24.0. The normalized spacial score (nSPS) is 11.7. The van der Waals surface area contributed by atoms with Crippen LogP contribution >= 0.6 is 0 Å². The first kappa shape index (κ1) is 17.8. The molecule has 5 heteroatoms. The minimum atomic E-state index is -0.670. The van der Waals surface area contributed by atoms with Crippen LogP contribution in [0.1, 0.15) is 18.1 Å². The van der Waals surface area contributed by atoms with Crippen molar-refractivity contribution in [1.82, 2.24) is 5.32 Å². The summed E-state index contributed by atoms with van der Waals surface area (Å²) in [5.74, 6) is 0.678. The van der Waals surface area contributed by atoms with Crippen molar-refractivity contribution in [3.63, 3.8) is 0 Å². The lowest BCUT2D eigenvalue weighted by atomic mass is 10.1. The van der Waals surface area contributed by atoms with Gasteiger partial charge in [-0.05, 0) is 62.2 Å². The highest BCUT2D eigenvalue weighted by molar-refractivity contribution is 5.80. The van der Waals surface area contributed by atoms with Gasteiger partial charge in [-0.15, -0.1) is 0 Å². The van der Waals surface area contributed by atoms with Crippen LogP contribution in [-0.2, 0) is 4.79 Å². The summed E-state index contributed by atoms with van der Waals surface area (Å²) in [6, 6.07) is 11.6. The summed E-state index contributed by atoms with van der Waals surface area (Å²) in [7, 11) is 0. The predicted molar refractivity (Wildman–Crippen MR) is 90.9 cm³/mol. The second-order valence-electron chi connectivity index (χ2n) is 5.62. The van der Waals surface area contributed by atoms with Gasteiger partial charge in [0.25, 0.3) is 5.91 Å². The Morgan fingerprint density at radius 1 is 1.17 bits per heavy atom. The Morgan fingerprint density at radius 3 is 2.58 bits per heavy atom. The van der Waals surface area contributed by atoms with Gasteiger partial charge in [0, 0.05) is 0 Å². The fourth-order valence-corrected chi connectivity index (χ4v) is 2.11. The number of hydrogen-bond acceptors (Lipinski definition) is 3. The third-order valence-electron chi connectivity index (χ3n) is 3.50. The van der Waals surface area contributed by atoms with Gasteiger partial charge in [0.1, 0.15) is 23.9 Å². The van der Waals surface area contributed by atoms with Gasteiger partial charge in [-0.1, -0.05) is 12.1 Å². The van der Waals surface area contributed by atoms with Gasteiger partial charge in [-0.3, -0.25) is 4.79 Å². The molecular formula is C19H22FNO3. The second kappa shape index (κ2) is 8.34. The molecule has 0 fully saturated rings. The summed E-state index contributed by atoms with van der Waals surface area (Å²) in [6.07, 6.45) is -0.670. The molecule has 1 N–H and O–H groups in total. The molecule has 0 saturated carbocycles. The number of benzene rings is 2. The Balaban J connectivity index is 1.74. The predicted octanol–water partition coefficient (Wildman–Crippen LogP) is 3.41. The molecule has 24 heavy (non-hydrogen) atoms. The van der Waals surface area contributed by atoms with Crippen molar-refractivity contribution in [2.24, 2.45) is 0 Å². The van der Waals surface area contributed by atoms with E-state index >= 15 is 0 Å². The molecule has 0 aliphatic rings. The molecule has 0 heterocycles. The van der Waals surface area contributed by atoms with Gasteiger partial charge in [-0.2, -0.15) is 0 Å². The van der Waals surface area contributed by atoms with Crippen molar-refractivity contribution in [2.75, 3.05) is 13.2 Å². The van der Waals surface area contributed by atoms with Crippen molar-refractivity contribution in [3.05, 3.63) is 59.4 Å². The number of aryl methyl sites for hydroxylation is 2. The van der Waals surface area contributed by atoms with Gasteiger partial charge < -0.3 is 14.8 Å². The Labute approximate surface area is 141 Å². The van der Waals surface area contributed by atoms with Crippen molar-refractivity contribution in [1.29, 1.82) is 0 Å². The van der Waals surface area contributed by atoms with Gasteiger partial charge in [0.2, 0.25) is 0 Å². The Hall–Kier alpha value is -2.56. The molecule has 128 valence electrons. The van der Waals surface area contributed by atoms with Crippen LogP contribution in [0.15, 0.2) is 42.5 Å². The number of hydrogen-bond donors (Lipinski definition) is 1. The first-order valence-corrected chi connectivity index (χ1v) is 7.85. The quantitative estimate of drug-likeness (QED) is 0.791. The van der Waals surface area contributed by atoms with Gasteiger partial charge in [-0.25, -0.2) is 4.39 Å². The van der Waals surface area contributed by atoms with E-state index in [0.29, 0.717) is 18.9 Å². The molecular weight excluding hydrogens is 309 g/mol. The van der Waals surface area contributed by atoms with Crippen molar-refractivity contribution in [2.45, 2.75) is 26.9 Å². The molecule has 1 atom stereocenters. The van der Waals surface area contributed by atoms with Gasteiger partial charge >= 0.3 is 0 Å². The van der Waals surface area contributed by atoms with Crippen LogP contribution in [0.5, 0.6) is 11.5 Å². The summed E-state index contributed by atoms with van der Waals surface area (Å²) in [4.78, 5) is 12.0. The molecule has 0 radical (unpaired) electrons. The molecule has 0 aliphatic heterocycles. The maximum absolute atomic E-state index is 12.8. The number of ether oxygens (including phenoxy) is 2. The number of carbonyl (C=O) groups excluding carboxylic acids is 1. The highest BCUT2D eigenvalue weighted by Crippen LogP contribution is 2.18. The average Bonchev–Trinajstić information content (AvgIpc) is 2.56. The largest absolute Gasteiger partial charge is 0.491 e. The van der Waals surface area contributed by atoms with Crippen LogP contribution in [0.4, 0.5) is 4.39 Å².